The van der Waals surface area contributed by atoms with Crippen LogP contribution in [-0.2, 0) is 13.5 Å². The van der Waals surface area contributed by atoms with Gasteiger partial charge in [0, 0.05) is 51.4 Å². The molecule has 1 fully saturated rings. The molecule has 1 aromatic heterocycles. The first-order chi connectivity index (χ1) is 8.60. The maximum Gasteiger partial charge on any atom is 0.0640 e. The lowest BCUT2D eigenvalue weighted by Crippen LogP contribution is -2.58. The van der Waals surface area contributed by atoms with Gasteiger partial charge in [-0.25, -0.2) is 0 Å². The van der Waals surface area contributed by atoms with Gasteiger partial charge in [0.1, 0.15) is 0 Å². The molecule has 1 saturated heterocycles. The van der Waals surface area contributed by atoms with Gasteiger partial charge in [-0.2, -0.15) is 5.10 Å². The van der Waals surface area contributed by atoms with E-state index in [1.807, 2.05) is 17.9 Å². The van der Waals surface area contributed by atoms with Crippen molar-refractivity contribution in [3.05, 3.63) is 18.0 Å². The minimum atomic E-state index is 0.452. The van der Waals surface area contributed by atoms with Crippen molar-refractivity contribution in [2.45, 2.75) is 18.5 Å². The highest BCUT2D eigenvalue weighted by Crippen LogP contribution is 2.13. The highest BCUT2D eigenvalue weighted by atomic mass is 15.3. The molecule has 2 rings (SSSR count). The Balaban J connectivity index is 2.02. The van der Waals surface area contributed by atoms with E-state index >= 15 is 0 Å². The summed E-state index contributed by atoms with van der Waals surface area (Å²) >= 11 is 0. The van der Waals surface area contributed by atoms with Crippen molar-refractivity contribution in [2.75, 3.05) is 40.8 Å². The molecule has 102 valence electrons. The summed E-state index contributed by atoms with van der Waals surface area (Å²) in [6.07, 6.45) is 3.00. The van der Waals surface area contributed by atoms with E-state index in [-0.39, 0.29) is 0 Å². The molecular formula is C13H25N5. The summed E-state index contributed by atoms with van der Waals surface area (Å²) in [5.41, 5.74) is 1.17. The third-order valence-electron chi connectivity index (χ3n) is 3.93. The molecule has 2 heterocycles. The first-order valence-electron chi connectivity index (χ1n) is 6.64. The second kappa shape index (κ2) is 5.82. The number of aryl methyl sites for hydroxylation is 1. The van der Waals surface area contributed by atoms with E-state index in [1.54, 1.807) is 0 Å². The van der Waals surface area contributed by atoms with E-state index < -0.39 is 0 Å². The number of hydrogen-bond donors (Lipinski definition) is 1. The van der Waals surface area contributed by atoms with Crippen molar-refractivity contribution < 1.29 is 0 Å². The van der Waals surface area contributed by atoms with Crippen LogP contribution in [0.2, 0.25) is 0 Å². The maximum absolute atomic E-state index is 4.48. The van der Waals surface area contributed by atoms with Crippen molar-refractivity contribution >= 4 is 0 Å². The molecule has 0 aliphatic carbocycles. The van der Waals surface area contributed by atoms with E-state index in [2.05, 4.69) is 47.4 Å². The molecule has 2 unspecified atom stereocenters. The van der Waals surface area contributed by atoms with Crippen LogP contribution in [0.4, 0.5) is 0 Å². The van der Waals surface area contributed by atoms with Gasteiger partial charge < -0.3 is 10.2 Å². The molecule has 18 heavy (non-hydrogen) atoms. The van der Waals surface area contributed by atoms with E-state index in [0.717, 1.165) is 26.1 Å². The molecule has 0 aromatic carbocycles. The zero-order valence-electron chi connectivity index (χ0n) is 11.9. The molecular weight excluding hydrogens is 226 g/mol. The Morgan fingerprint density at radius 3 is 2.78 bits per heavy atom. The predicted octanol–water partition coefficient (Wildman–Crippen LogP) is -0.204. The highest BCUT2D eigenvalue weighted by Gasteiger charge is 2.29. The fourth-order valence-corrected chi connectivity index (χ4v) is 2.71. The first kappa shape index (κ1) is 13.5. The van der Waals surface area contributed by atoms with Gasteiger partial charge in [0.15, 0.2) is 0 Å². The van der Waals surface area contributed by atoms with E-state index in [4.69, 9.17) is 0 Å². The second-order valence-electron chi connectivity index (χ2n) is 5.39. The molecule has 1 aromatic rings. The molecule has 5 nitrogen and oxygen atoms in total. The lowest BCUT2D eigenvalue weighted by atomic mass is 9.99. The van der Waals surface area contributed by atoms with Gasteiger partial charge >= 0.3 is 0 Å². The molecule has 0 spiro atoms. The monoisotopic (exact) mass is 251 g/mol. The van der Waals surface area contributed by atoms with E-state index in [9.17, 15) is 0 Å². The van der Waals surface area contributed by atoms with Crippen LogP contribution in [0, 0.1) is 0 Å². The minimum absolute atomic E-state index is 0.452. The van der Waals surface area contributed by atoms with E-state index in [0.29, 0.717) is 12.1 Å². The SMILES string of the molecule is CNC(Cc1ccn(C)n1)C1CN(C)CCN1C. The molecule has 2 atom stereocenters. The Labute approximate surface area is 110 Å². The van der Waals surface area contributed by atoms with Gasteiger partial charge in [0.25, 0.3) is 0 Å². The summed E-state index contributed by atoms with van der Waals surface area (Å²) in [6, 6.07) is 3.11. The van der Waals surface area contributed by atoms with Crippen LogP contribution in [0.5, 0.6) is 0 Å². The lowest BCUT2D eigenvalue weighted by Gasteiger charge is -2.41. The van der Waals surface area contributed by atoms with Crippen molar-refractivity contribution in [2.24, 2.45) is 7.05 Å². The van der Waals surface area contributed by atoms with Crippen molar-refractivity contribution in [1.82, 2.24) is 24.9 Å². The topological polar surface area (TPSA) is 36.3 Å². The van der Waals surface area contributed by atoms with Crippen LogP contribution in [-0.4, -0.2) is 72.4 Å². The minimum Gasteiger partial charge on any atom is -0.315 e. The highest BCUT2D eigenvalue weighted by molar-refractivity contribution is 5.04. The lowest BCUT2D eigenvalue weighted by molar-refractivity contribution is 0.0894. The van der Waals surface area contributed by atoms with Crippen LogP contribution < -0.4 is 5.32 Å². The Hall–Kier alpha value is -0.910. The first-order valence-corrected chi connectivity index (χ1v) is 6.64. The smallest absolute Gasteiger partial charge is 0.0640 e. The molecule has 0 saturated carbocycles. The average molecular weight is 251 g/mol. The van der Waals surface area contributed by atoms with Gasteiger partial charge in [-0.15, -0.1) is 0 Å². The predicted molar refractivity (Wildman–Crippen MR) is 73.7 cm³/mol. The Bertz CT molecular complexity index is 375. The Morgan fingerprint density at radius 2 is 2.17 bits per heavy atom. The summed E-state index contributed by atoms with van der Waals surface area (Å²) in [6.45, 7) is 3.42. The van der Waals surface area contributed by atoms with Crippen LogP contribution >= 0.6 is 0 Å². The van der Waals surface area contributed by atoms with Crippen LogP contribution in [0.3, 0.4) is 0 Å². The zero-order chi connectivity index (χ0) is 13.1. The number of hydrogen-bond acceptors (Lipinski definition) is 4. The Kier molecular flexibility index (Phi) is 4.37. The number of rotatable bonds is 4. The summed E-state index contributed by atoms with van der Waals surface area (Å²) in [5.74, 6) is 0. The van der Waals surface area contributed by atoms with Crippen LogP contribution in [0.25, 0.3) is 0 Å². The third kappa shape index (κ3) is 3.10. The third-order valence-corrected chi connectivity index (χ3v) is 3.93. The normalized spacial score (nSPS) is 24.3. The fourth-order valence-electron chi connectivity index (χ4n) is 2.71. The molecule has 5 heteroatoms. The molecule has 1 aliphatic heterocycles. The van der Waals surface area contributed by atoms with Crippen LogP contribution in [0.15, 0.2) is 12.3 Å². The standard InChI is InChI=1S/C13H25N5/c1-14-12(9-11-5-6-18(4)15-11)13-10-16(2)7-8-17(13)3/h5-6,12-14H,7-10H2,1-4H3. The summed E-state index contributed by atoms with van der Waals surface area (Å²) in [5, 5.41) is 7.94. The number of piperazine rings is 1. The quantitative estimate of drug-likeness (QED) is 0.804. The average Bonchev–Trinajstić information content (AvgIpc) is 2.75. The summed E-state index contributed by atoms with van der Waals surface area (Å²) in [7, 11) is 8.45. The van der Waals surface area contributed by atoms with Crippen molar-refractivity contribution in [3.8, 4) is 0 Å². The molecule has 0 amide bonds. The summed E-state index contributed by atoms with van der Waals surface area (Å²) < 4.78 is 1.87. The van der Waals surface area contributed by atoms with Gasteiger partial charge in [0.05, 0.1) is 5.69 Å². The molecule has 1 N–H and O–H groups in total. The van der Waals surface area contributed by atoms with Crippen molar-refractivity contribution in [3.63, 3.8) is 0 Å². The van der Waals surface area contributed by atoms with Gasteiger partial charge in [-0.05, 0) is 27.2 Å². The number of likely N-dealkylation sites (N-methyl/N-ethyl adjacent to an activating group) is 3. The molecule has 0 radical (unpaired) electrons. The fraction of sp³-hybridized carbons (Fsp3) is 0.769. The summed E-state index contributed by atoms with van der Waals surface area (Å²) in [4.78, 5) is 4.87. The number of aromatic nitrogens is 2. The second-order valence-corrected chi connectivity index (χ2v) is 5.39. The van der Waals surface area contributed by atoms with Gasteiger partial charge in [-0.3, -0.25) is 9.58 Å². The Morgan fingerprint density at radius 1 is 1.39 bits per heavy atom. The van der Waals surface area contributed by atoms with Crippen LogP contribution in [0.1, 0.15) is 5.69 Å². The van der Waals surface area contributed by atoms with E-state index in [1.165, 1.54) is 5.69 Å². The number of nitrogens with zero attached hydrogens (tertiary/aromatic N) is 4. The molecule has 0 bridgehead atoms. The molecule has 1 aliphatic rings. The maximum atomic E-state index is 4.48. The largest absolute Gasteiger partial charge is 0.315 e. The van der Waals surface area contributed by atoms with Crippen molar-refractivity contribution in [1.29, 1.82) is 0 Å². The zero-order valence-corrected chi connectivity index (χ0v) is 11.9. The van der Waals surface area contributed by atoms with Gasteiger partial charge in [0.2, 0.25) is 0 Å². The van der Waals surface area contributed by atoms with Gasteiger partial charge in [-0.1, -0.05) is 0 Å². The number of nitrogens with one attached hydrogen (secondary N) is 1.